The maximum absolute atomic E-state index is 5.84. The van der Waals surface area contributed by atoms with Crippen LogP contribution in [0, 0.1) is 0 Å². The molecule has 82 valence electrons. The number of aryl methyl sites for hydroxylation is 1. The van der Waals surface area contributed by atoms with E-state index >= 15 is 0 Å². The first-order valence-electron chi connectivity index (χ1n) is 6.06. The van der Waals surface area contributed by atoms with Gasteiger partial charge < -0.3 is 9.31 Å². The van der Waals surface area contributed by atoms with Crippen LogP contribution in [0.5, 0.6) is 0 Å². The van der Waals surface area contributed by atoms with E-state index < -0.39 is 0 Å². The minimum absolute atomic E-state index is 0.183. The Morgan fingerprint density at radius 2 is 2.00 bits per heavy atom. The normalized spacial score (nSPS) is 25.7. The molecule has 2 rings (SSSR count). The van der Waals surface area contributed by atoms with Gasteiger partial charge in [0.2, 0.25) is 0 Å². The topological polar surface area (TPSA) is 18.5 Å². The van der Waals surface area contributed by atoms with Gasteiger partial charge >= 0.3 is 7.12 Å². The molecule has 16 heavy (non-hydrogen) atoms. The Morgan fingerprint density at radius 1 is 1.31 bits per heavy atom. The molecule has 1 aromatic rings. The standard InChI is InChI=1S/C11H17B3O2/c1-2-8-3-5-9(6-4-8)14-15-7-10(12)11(13)16-14/h3-6,10-11H,2,7,12-13H2,1H3. The van der Waals surface area contributed by atoms with Crippen LogP contribution >= 0.6 is 0 Å². The van der Waals surface area contributed by atoms with Crippen molar-refractivity contribution in [3.63, 3.8) is 0 Å². The molecule has 0 spiro atoms. The van der Waals surface area contributed by atoms with E-state index in [1.54, 1.807) is 0 Å². The summed E-state index contributed by atoms with van der Waals surface area (Å²) in [6.07, 6.45) is 1.07. The van der Waals surface area contributed by atoms with Crippen molar-refractivity contribution in [2.24, 2.45) is 0 Å². The zero-order valence-corrected chi connectivity index (χ0v) is 10.3. The SMILES string of the molecule is BC1COB(c2ccc(CC)cc2)OC1B. The fourth-order valence-electron chi connectivity index (χ4n) is 1.83. The first-order valence-corrected chi connectivity index (χ1v) is 6.06. The van der Waals surface area contributed by atoms with Crippen LogP contribution in [-0.2, 0) is 15.7 Å². The van der Waals surface area contributed by atoms with Crippen LogP contribution in [0.2, 0.25) is 5.82 Å². The molecule has 1 saturated heterocycles. The molecule has 0 bridgehead atoms. The van der Waals surface area contributed by atoms with Gasteiger partial charge in [0.05, 0.1) is 0 Å². The monoisotopic (exact) mass is 214 g/mol. The van der Waals surface area contributed by atoms with E-state index in [4.69, 9.17) is 9.31 Å². The Hall–Kier alpha value is -0.665. The summed E-state index contributed by atoms with van der Waals surface area (Å²) >= 11 is 0. The van der Waals surface area contributed by atoms with Crippen LogP contribution in [-0.4, -0.2) is 35.4 Å². The third kappa shape index (κ3) is 2.53. The fourth-order valence-corrected chi connectivity index (χ4v) is 1.83. The van der Waals surface area contributed by atoms with E-state index in [2.05, 4.69) is 46.9 Å². The molecule has 1 aromatic carbocycles. The van der Waals surface area contributed by atoms with E-state index in [1.165, 1.54) is 5.56 Å². The maximum Gasteiger partial charge on any atom is 0.493 e. The van der Waals surface area contributed by atoms with Crippen LogP contribution in [0.4, 0.5) is 0 Å². The minimum Gasteiger partial charge on any atom is -0.413 e. The molecule has 0 amide bonds. The third-order valence-corrected chi connectivity index (χ3v) is 3.31. The maximum atomic E-state index is 5.84. The summed E-state index contributed by atoms with van der Waals surface area (Å²) in [5, 5.41) is 0. The highest BCUT2D eigenvalue weighted by molar-refractivity contribution is 6.62. The van der Waals surface area contributed by atoms with Gasteiger partial charge in [-0.3, -0.25) is 0 Å². The van der Waals surface area contributed by atoms with Gasteiger partial charge in [0.1, 0.15) is 15.7 Å². The van der Waals surface area contributed by atoms with Crippen LogP contribution in [0.25, 0.3) is 0 Å². The molecule has 5 heteroatoms. The lowest BCUT2D eigenvalue weighted by molar-refractivity contribution is 0.121. The minimum atomic E-state index is -0.183. The van der Waals surface area contributed by atoms with Crippen molar-refractivity contribution in [1.82, 2.24) is 0 Å². The molecule has 1 aliphatic heterocycles. The van der Waals surface area contributed by atoms with E-state index in [1.807, 2.05) is 0 Å². The van der Waals surface area contributed by atoms with Crippen LogP contribution < -0.4 is 5.46 Å². The fraction of sp³-hybridized carbons (Fsp3) is 0.455. The molecule has 0 N–H and O–H groups in total. The lowest BCUT2D eigenvalue weighted by Crippen LogP contribution is -2.47. The van der Waals surface area contributed by atoms with Gasteiger partial charge in [0.15, 0.2) is 0 Å². The first-order chi connectivity index (χ1) is 7.70. The Bertz CT molecular complexity index is 342. The predicted octanol–water partition coefficient (Wildman–Crippen LogP) is -0.628. The van der Waals surface area contributed by atoms with Crippen LogP contribution in [0.1, 0.15) is 12.5 Å². The van der Waals surface area contributed by atoms with Gasteiger partial charge in [-0.05, 0) is 23.3 Å². The molecule has 0 saturated carbocycles. The Labute approximate surface area is 99.7 Å². The van der Waals surface area contributed by atoms with Crippen molar-refractivity contribution in [2.45, 2.75) is 25.2 Å². The Kier molecular flexibility index (Phi) is 3.77. The van der Waals surface area contributed by atoms with Gasteiger partial charge in [-0.25, -0.2) is 0 Å². The number of hydrogen-bond acceptors (Lipinski definition) is 2. The van der Waals surface area contributed by atoms with E-state index in [9.17, 15) is 0 Å². The molecule has 1 heterocycles. The lowest BCUT2D eigenvalue weighted by atomic mass is 9.68. The van der Waals surface area contributed by atoms with Gasteiger partial charge in [0.25, 0.3) is 0 Å². The highest BCUT2D eigenvalue weighted by atomic mass is 16.6. The summed E-state index contributed by atoms with van der Waals surface area (Å²) < 4.78 is 11.5. The van der Waals surface area contributed by atoms with Gasteiger partial charge in [0, 0.05) is 12.6 Å². The Morgan fingerprint density at radius 3 is 2.56 bits per heavy atom. The largest absolute Gasteiger partial charge is 0.493 e. The average Bonchev–Trinajstić information content (AvgIpc) is 2.33. The number of hydrogen-bond donors (Lipinski definition) is 0. The van der Waals surface area contributed by atoms with Crippen molar-refractivity contribution in [3.05, 3.63) is 29.8 Å². The highest BCUT2D eigenvalue weighted by Gasteiger charge is 2.31. The molecule has 1 aliphatic rings. The molecular weight excluding hydrogens is 197 g/mol. The van der Waals surface area contributed by atoms with Crippen LogP contribution in [0.15, 0.2) is 24.3 Å². The van der Waals surface area contributed by atoms with Crippen molar-refractivity contribution >= 4 is 28.3 Å². The van der Waals surface area contributed by atoms with E-state index in [0.29, 0.717) is 5.82 Å². The summed E-state index contributed by atoms with van der Waals surface area (Å²) in [5.74, 6) is 0.478. The second-order valence-corrected chi connectivity index (χ2v) is 4.58. The molecule has 1 fully saturated rings. The molecule has 2 atom stereocenters. The molecule has 0 aromatic heterocycles. The molecule has 2 nitrogen and oxygen atoms in total. The summed E-state index contributed by atoms with van der Waals surface area (Å²) in [4.78, 5) is 0. The lowest BCUT2D eigenvalue weighted by Gasteiger charge is -2.31. The second kappa shape index (κ2) is 5.11. The van der Waals surface area contributed by atoms with E-state index in [-0.39, 0.29) is 13.1 Å². The zero-order valence-electron chi connectivity index (χ0n) is 10.3. The van der Waals surface area contributed by atoms with Gasteiger partial charge in [-0.2, -0.15) is 0 Å². The zero-order chi connectivity index (χ0) is 11.5. The van der Waals surface area contributed by atoms with Crippen LogP contribution in [0.3, 0.4) is 0 Å². The van der Waals surface area contributed by atoms with E-state index in [0.717, 1.165) is 18.5 Å². The van der Waals surface area contributed by atoms with Gasteiger partial charge in [-0.15, -0.1) is 0 Å². The molecule has 0 aliphatic carbocycles. The summed E-state index contributed by atoms with van der Waals surface area (Å²) in [5.41, 5.74) is 2.47. The average molecular weight is 214 g/mol. The predicted molar refractivity (Wildman–Crippen MR) is 72.9 cm³/mol. The van der Waals surface area contributed by atoms with Crippen molar-refractivity contribution in [2.75, 3.05) is 6.61 Å². The van der Waals surface area contributed by atoms with Crippen molar-refractivity contribution in [3.8, 4) is 0 Å². The number of benzene rings is 1. The number of rotatable bonds is 2. The molecule has 0 radical (unpaired) electrons. The van der Waals surface area contributed by atoms with Crippen molar-refractivity contribution < 1.29 is 9.31 Å². The summed E-state index contributed by atoms with van der Waals surface area (Å²) in [6, 6.07) is 8.76. The summed E-state index contributed by atoms with van der Waals surface area (Å²) in [7, 11) is 4.08. The quantitative estimate of drug-likeness (QED) is 0.610. The molecular formula is C11H17B3O2. The Balaban J connectivity index is 2.06. The van der Waals surface area contributed by atoms with Gasteiger partial charge in [-0.1, -0.05) is 31.2 Å². The van der Waals surface area contributed by atoms with Crippen molar-refractivity contribution in [1.29, 1.82) is 0 Å². The highest BCUT2D eigenvalue weighted by Crippen LogP contribution is 2.16. The second-order valence-electron chi connectivity index (χ2n) is 4.58. The smallest absolute Gasteiger partial charge is 0.413 e. The third-order valence-electron chi connectivity index (χ3n) is 3.31. The molecule has 2 unspecified atom stereocenters. The first kappa shape index (κ1) is 11.8. The summed E-state index contributed by atoms with van der Waals surface area (Å²) in [6.45, 7) is 2.94.